The summed E-state index contributed by atoms with van der Waals surface area (Å²) >= 11 is 1.80. The van der Waals surface area contributed by atoms with Gasteiger partial charge in [-0.15, -0.1) is 11.3 Å². The van der Waals surface area contributed by atoms with E-state index in [2.05, 4.69) is 5.32 Å². The highest BCUT2D eigenvalue weighted by Crippen LogP contribution is 2.35. The molecule has 0 amide bonds. The molecular weight excluding hydrogens is 271 g/mol. The second-order valence-electron chi connectivity index (χ2n) is 5.70. The van der Waals surface area contributed by atoms with Crippen molar-refractivity contribution in [1.29, 1.82) is 0 Å². The zero-order valence-electron chi connectivity index (χ0n) is 11.2. The lowest BCUT2D eigenvalue weighted by Gasteiger charge is -2.17. The SMILES string of the molecule is Fc1cccc(C(NC2CC2)c2nc3c(s2)CCC3)c1. The zero-order valence-corrected chi connectivity index (χ0v) is 12.0. The van der Waals surface area contributed by atoms with Crippen LogP contribution in [0.5, 0.6) is 0 Å². The van der Waals surface area contributed by atoms with E-state index in [1.165, 1.54) is 35.9 Å². The molecule has 1 aromatic heterocycles. The van der Waals surface area contributed by atoms with Crippen molar-refractivity contribution in [2.75, 3.05) is 0 Å². The number of rotatable bonds is 4. The van der Waals surface area contributed by atoms with Crippen LogP contribution >= 0.6 is 11.3 Å². The monoisotopic (exact) mass is 288 g/mol. The Kier molecular flexibility index (Phi) is 3.08. The van der Waals surface area contributed by atoms with Crippen LogP contribution in [0.4, 0.5) is 4.39 Å². The lowest BCUT2D eigenvalue weighted by Crippen LogP contribution is -2.24. The summed E-state index contributed by atoms with van der Waals surface area (Å²) in [5.74, 6) is -0.172. The Morgan fingerprint density at radius 2 is 2.20 bits per heavy atom. The van der Waals surface area contributed by atoms with Crippen molar-refractivity contribution < 1.29 is 4.39 Å². The van der Waals surface area contributed by atoms with Gasteiger partial charge in [0.2, 0.25) is 0 Å². The van der Waals surface area contributed by atoms with Crippen LogP contribution in [0.1, 0.15) is 46.4 Å². The number of hydrogen-bond donors (Lipinski definition) is 1. The topological polar surface area (TPSA) is 24.9 Å². The quantitative estimate of drug-likeness (QED) is 0.929. The molecule has 0 spiro atoms. The Morgan fingerprint density at radius 1 is 1.30 bits per heavy atom. The van der Waals surface area contributed by atoms with Crippen LogP contribution in [0.15, 0.2) is 24.3 Å². The third-order valence-corrected chi connectivity index (χ3v) is 5.24. The summed E-state index contributed by atoms with van der Waals surface area (Å²) in [7, 11) is 0. The fraction of sp³-hybridized carbons (Fsp3) is 0.438. The molecule has 1 saturated carbocycles. The van der Waals surface area contributed by atoms with Crippen molar-refractivity contribution in [2.24, 2.45) is 0 Å². The molecule has 0 saturated heterocycles. The first kappa shape index (κ1) is 12.5. The molecule has 104 valence electrons. The van der Waals surface area contributed by atoms with E-state index in [0.29, 0.717) is 6.04 Å². The third kappa shape index (κ3) is 2.38. The first-order valence-corrected chi connectivity index (χ1v) is 8.11. The molecule has 1 heterocycles. The molecular formula is C16H17FN2S. The van der Waals surface area contributed by atoms with E-state index >= 15 is 0 Å². The van der Waals surface area contributed by atoms with E-state index in [-0.39, 0.29) is 11.9 Å². The second-order valence-corrected chi connectivity index (χ2v) is 6.82. The van der Waals surface area contributed by atoms with Crippen molar-refractivity contribution in [3.05, 3.63) is 51.2 Å². The molecule has 1 unspecified atom stereocenters. The normalized spacial score (nSPS) is 19.1. The van der Waals surface area contributed by atoms with Crippen LogP contribution in [0.2, 0.25) is 0 Å². The minimum Gasteiger partial charge on any atom is -0.301 e. The van der Waals surface area contributed by atoms with E-state index < -0.39 is 0 Å². The van der Waals surface area contributed by atoms with Crippen LogP contribution in [-0.4, -0.2) is 11.0 Å². The van der Waals surface area contributed by atoms with Crippen LogP contribution in [0, 0.1) is 5.82 Å². The van der Waals surface area contributed by atoms with Gasteiger partial charge in [0.15, 0.2) is 0 Å². The van der Waals surface area contributed by atoms with Gasteiger partial charge in [-0.1, -0.05) is 12.1 Å². The largest absolute Gasteiger partial charge is 0.301 e. The maximum atomic E-state index is 13.5. The predicted octanol–water partition coefficient (Wildman–Crippen LogP) is 3.61. The highest BCUT2D eigenvalue weighted by Gasteiger charge is 2.29. The number of aromatic nitrogens is 1. The summed E-state index contributed by atoms with van der Waals surface area (Å²) in [4.78, 5) is 6.24. The minimum absolute atomic E-state index is 0.0498. The molecule has 2 aromatic rings. The van der Waals surface area contributed by atoms with Crippen LogP contribution < -0.4 is 5.32 Å². The molecule has 2 aliphatic carbocycles. The van der Waals surface area contributed by atoms with Crippen LogP contribution in [0.25, 0.3) is 0 Å². The number of nitrogens with zero attached hydrogens (tertiary/aromatic N) is 1. The molecule has 0 bridgehead atoms. The number of aryl methyl sites for hydroxylation is 2. The molecule has 4 heteroatoms. The first-order valence-electron chi connectivity index (χ1n) is 7.29. The van der Waals surface area contributed by atoms with Gasteiger partial charge in [0.05, 0.1) is 11.7 Å². The number of benzene rings is 1. The van der Waals surface area contributed by atoms with E-state index in [1.54, 1.807) is 23.5 Å². The number of thiazole rings is 1. The van der Waals surface area contributed by atoms with Crippen molar-refractivity contribution in [3.63, 3.8) is 0 Å². The molecule has 4 rings (SSSR count). The molecule has 1 atom stereocenters. The summed E-state index contributed by atoms with van der Waals surface area (Å²) in [5, 5.41) is 4.72. The zero-order chi connectivity index (χ0) is 13.5. The van der Waals surface area contributed by atoms with E-state index in [0.717, 1.165) is 23.4 Å². The summed E-state index contributed by atoms with van der Waals surface area (Å²) in [6, 6.07) is 7.53. The molecule has 0 radical (unpaired) electrons. The average molecular weight is 288 g/mol. The number of fused-ring (bicyclic) bond motifs is 1. The predicted molar refractivity (Wildman–Crippen MR) is 78.5 cm³/mol. The maximum absolute atomic E-state index is 13.5. The van der Waals surface area contributed by atoms with Gasteiger partial charge in [0.25, 0.3) is 0 Å². The molecule has 20 heavy (non-hydrogen) atoms. The molecule has 2 nitrogen and oxygen atoms in total. The number of halogens is 1. The maximum Gasteiger partial charge on any atom is 0.123 e. The Hall–Kier alpha value is -1.26. The summed E-state index contributed by atoms with van der Waals surface area (Å²) < 4.78 is 13.5. The molecule has 1 aromatic carbocycles. The van der Waals surface area contributed by atoms with E-state index in [9.17, 15) is 4.39 Å². The Balaban J connectivity index is 1.70. The van der Waals surface area contributed by atoms with Crippen LogP contribution in [-0.2, 0) is 12.8 Å². The van der Waals surface area contributed by atoms with Gasteiger partial charge in [0, 0.05) is 10.9 Å². The van der Waals surface area contributed by atoms with Crippen molar-refractivity contribution in [3.8, 4) is 0 Å². The summed E-state index contributed by atoms with van der Waals surface area (Å²) in [5.41, 5.74) is 2.26. The van der Waals surface area contributed by atoms with Crippen molar-refractivity contribution in [1.82, 2.24) is 10.3 Å². The smallest absolute Gasteiger partial charge is 0.123 e. The van der Waals surface area contributed by atoms with Gasteiger partial charge in [-0.25, -0.2) is 9.37 Å². The summed E-state index contributed by atoms with van der Waals surface area (Å²) in [6.07, 6.45) is 5.93. The van der Waals surface area contributed by atoms with Gasteiger partial charge >= 0.3 is 0 Å². The Morgan fingerprint density at radius 3 is 2.95 bits per heavy atom. The third-order valence-electron chi connectivity index (χ3n) is 4.02. The van der Waals surface area contributed by atoms with Crippen LogP contribution in [0.3, 0.4) is 0 Å². The lowest BCUT2D eigenvalue weighted by molar-refractivity contribution is 0.583. The van der Waals surface area contributed by atoms with Gasteiger partial charge in [-0.3, -0.25) is 0 Å². The van der Waals surface area contributed by atoms with E-state index in [1.807, 2.05) is 6.07 Å². The average Bonchev–Trinajstić information content (AvgIpc) is 3.00. The van der Waals surface area contributed by atoms with Gasteiger partial charge < -0.3 is 5.32 Å². The number of nitrogens with one attached hydrogen (secondary N) is 1. The van der Waals surface area contributed by atoms with E-state index in [4.69, 9.17) is 4.98 Å². The molecule has 1 N–H and O–H groups in total. The number of hydrogen-bond acceptors (Lipinski definition) is 3. The fourth-order valence-corrected chi connectivity index (χ4v) is 4.06. The Bertz CT molecular complexity index is 612. The lowest BCUT2D eigenvalue weighted by atomic mass is 10.1. The summed E-state index contributed by atoms with van der Waals surface area (Å²) in [6.45, 7) is 0. The van der Waals surface area contributed by atoms with Crippen molar-refractivity contribution >= 4 is 11.3 Å². The highest BCUT2D eigenvalue weighted by atomic mass is 32.1. The fourth-order valence-electron chi connectivity index (χ4n) is 2.82. The molecule has 1 fully saturated rings. The highest BCUT2D eigenvalue weighted by molar-refractivity contribution is 7.11. The Labute approximate surface area is 122 Å². The minimum atomic E-state index is -0.172. The second kappa shape index (κ2) is 4.93. The van der Waals surface area contributed by atoms with Gasteiger partial charge in [-0.2, -0.15) is 0 Å². The molecule has 0 aliphatic heterocycles. The molecule has 2 aliphatic rings. The van der Waals surface area contributed by atoms with Crippen molar-refractivity contribution in [2.45, 2.75) is 44.2 Å². The first-order chi connectivity index (χ1) is 9.79. The standard InChI is InChI=1S/C16H17FN2S/c17-11-4-1-3-10(9-11)15(18-12-7-8-12)16-19-13-5-2-6-14(13)20-16/h1,3-4,9,12,15,18H,2,5-8H2. The van der Waals surface area contributed by atoms with Gasteiger partial charge in [0.1, 0.15) is 10.8 Å². The van der Waals surface area contributed by atoms with Gasteiger partial charge in [-0.05, 0) is 49.8 Å².